The normalized spacial score (nSPS) is 17.7. The quantitative estimate of drug-likeness (QED) is 0.613. The van der Waals surface area contributed by atoms with E-state index in [0.29, 0.717) is 17.9 Å². The van der Waals surface area contributed by atoms with Crippen molar-refractivity contribution in [2.24, 2.45) is 0 Å². The third-order valence-electron chi connectivity index (χ3n) is 6.39. The average Bonchev–Trinajstić information content (AvgIpc) is 3.16. The maximum Gasteiger partial charge on any atom is 0.253 e. The molecule has 0 spiro atoms. The van der Waals surface area contributed by atoms with Gasteiger partial charge in [0.15, 0.2) is 5.65 Å². The van der Waals surface area contributed by atoms with Crippen LogP contribution in [0.1, 0.15) is 87.6 Å². The van der Waals surface area contributed by atoms with Crippen LogP contribution in [0.15, 0.2) is 36.5 Å². The molecule has 3 aromatic rings. The minimum Gasteiger partial charge on any atom is -0.507 e. The van der Waals surface area contributed by atoms with E-state index in [-0.39, 0.29) is 22.7 Å². The van der Waals surface area contributed by atoms with Crippen LogP contribution >= 0.6 is 0 Å². The van der Waals surface area contributed by atoms with Crippen LogP contribution in [0.2, 0.25) is 0 Å². The van der Waals surface area contributed by atoms with Crippen LogP contribution in [0.3, 0.4) is 0 Å². The third-order valence-corrected chi connectivity index (χ3v) is 6.39. The van der Waals surface area contributed by atoms with Crippen molar-refractivity contribution in [1.29, 1.82) is 0 Å². The van der Waals surface area contributed by atoms with E-state index in [9.17, 15) is 9.90 Å². The maximum atomic E-state index is 13.6. The average molecular weight is 435 g/mol. The van der Waals surface area contributed by atoms with E-state index in [0.717, 1.165) is 42.0 Å². The lowest BCUT2D eigenvalue weighted by molar-refractivity contribution is 0.0704. The minimum absolute atomic E-state index is 0.0134. The Labute approximate surface area is 190 Å². The lowest BCUT2D eigenvalue weighted by Gasteiger charge is -2.33. The second-order valence-corrected chi connectivity index (χ2v) is 11.0. The van der Waals surface area contributed by atoms with Gasteiger partial charge in [0, 0.05) is 41.9 Å². The number of aromatic nitrogens is 3. The molecule has 1 amide bonds. The summed E-state index contributed by atoms with van der Waals surface area (Å²) >= 11 is 0. The van der Waals surface area contributed by atoms with Crippen LogP contribution in [0.5, 0.6) is 5.75 Å². The van der Waals surface area contributed by atoms with Gasteiger partial charge in [-0.15, -0.1) is 10.2 Å². The van der Waals surface area contributed by atoms with Crippen LogP contribution in [0.4, 0.5) is 0 Å². The van der Waals surface area contributed by atoms with Gasteiger partial charge in [-0.25, -0.2) is 0 Å². The van der Waals surface area contributed by atoms with Gasteiger partial charge in [-0.05, 0) is 47.9 Å². The molecule has 170 valence electrons. The summed E-state index contributed by atoms with van der Waals surface area (Å²) in [5.74, 6) is 1.37. The first-order valence-corrected chi connectivity index (χ1v) is 11.4. The number of likely N-dealkylation sites (tertiary alicyclic amines) is 1. The lowest BCUT2D eigenvalue weighted by atomic mass is 9.78. The van der Waals surface area contributed by atoms with E-state index in [2.05, 4.69) is 51.7 Å². The van der Waals surface area contributed by atoms with Crippen molar-refractivity contribution >= 4 is 11.6 Å². The van der Waals surface area contributed by atoms with Gasteiger partial charge in [-0.3, -0.25) is 9.20 Å². The molecule has 0 radical (unpaired) electrons. The van der Waals surface area contributed by atoms with Gasteiger partial charge in [-0.2, -0.15) is 0 Å². The molecule has 1 aromatic carbocycles. The Kier molecular flexibility index (Phi) is 5.51. The number of aromatic hydroxyl groups is 1. The van der Waals surface area contributed by atoms with Crippen molar-refractivity contribution in [3.63, 3.8) is 0 Å². The van der Waals surface area contributed by atoms with Crippen LogP contribution < -0.4 is 0 Å². The number of pyridine rings is 1. The van der Waals surface area contributed by atoms with Crippen molar-refractivity contribution in [1.82, 2.24) is 19.5 Å². The molecule has 1 unspecified atom stereocenters. The number of carbonyl (C=O) groups excluding carboxylic acids is 1. The smallest absolute Gasteiger partial charge is 0.253 e. The molecule has 1 atom stereocenters. The Morgan fingerprint density at radius 2 is 1.69 bits per heavy atom. The molecule has 0 saturated carbocycles. The first kappa shape index (κ1) is 22.3. The summed E-state index contributed by atoms with van der Waals surface area (Å²) in [6.07, 6.45) is 3.89. The van der Waals surface area contributed by atoms with Gasteiger partial charge in [0.05, 0.1) is 0 Å². The third kappa shape index (κ3) is 4.10. The molecule has 0 aliphatic carbocycles. The fraction of sp³-hybridized carbons (Fsp3) is 0.500. The lowest BCUT2D eigenvalue weighted by Crippen LogP contribution is -2.39. The number of nitrogens with zero attached hydrogens (tertiary/aromatic N) is 4. The number of phenolic OH excluding ortho intramolecular Hbond substituents is 1. The van der Waals surface area contributed by atoms with E-state index in [1.165, 1.54) is 0 Å². The Hall–Kier alpha value is -2.89. The van der Waals surface area contributed by atoms with Crippen LogP contribution in [0.25, 0.3) is 5.65 Å². The number of hydrogen-bond acceptors (Lipinski definition) is 4. The molecule has 1 fully saturated rings. The van der Waals surface area contributed by atoms with E-state index in [1.807, 2.05) is 45.8 Å². The van der Waals surface area contributed by atoms with E-state index in [1.54, 1.807) is 0 Å². The van der Waals surface area contributed by atoms with Gasteiger partial charge < -0.3 is 10.0 Å². The second-order valence-electron chi connectivity index (χ2n) is 11.0. The van der Waals surface area contributed by atoms with Gasteiger partial charge in [-0.1, -0.05) is 47.6 Å². The molecule has 1 aliphatic heterocycles. The van der Waals surface area contributed by atoms with Crippen LogP contribution in [-0.4, -0.2) is 43.6 Å². The molecule has 1 saturated heterocycles. The van der Waals surface area contributed by atoms with Crippen molar-refractivity contribution in [2.45, 2.75) is 71.1 Å². The monoisotopic (exact) mass is 434 g/mol. The molecular formula is C26H34N4O2. The van der Waals surface area contributed by atoms with Gasteiger partial charge in [0.2, 0.25) is 0 Å². The molecular weight excluding hydrogens is 400 g/mol. The number of benzene rings is 1. The van der Waals surface area contributed by atoms with Gasteiger partial charge in [0.25, 0.3) is 5.91 Å². The molecule has 6 heteroatoms. The zero-order valence-electron chi connectivity index (χ0n) is 20.0. The molecule has 1 N–H and O–H groups in total. The Morgan fingerprint density at radius 3 is 2.31 bits per heavy atom. The van der Waals surface area contributed by atoms with Gasteiger partial charge >= 0.3 is 0 Å². The fourth-order valence-corrected chi connectivity index (χ4v) is 4.59. The first-order valence-electron chi connectivity index (χ1n) is 11.4. The highest BCUT2D eigenvalue weighted by atomic mass is 16.3. The summed E-state index contributed by atoms with van der Waals surface area (Å²) in [5, 5.41) is 19.7. The Balaban J connectivity index is 1.68. The Bertz CT molecular complexity index is 1120. The topological polar surface area (TPSA) is 70.7 Å². The van der Waals surface area contributed by atoms with E-state index < -0.39 is 0 Å². The summed E-state index contributed by atoms with van der Waals surface area (Å²) in [4.78, 5) is 15.6. The molecule has 32 heavy (non-hydrogen) atoms. The Morgan fingerprint density at radius 1 is 1.03 bits per heavy atom. The zero-order valence-corrected chi connectivity index (χ0v) is 20.0. The number of rotatable bonds is 2. The van der Waals surface area contributed by atoms with Crippen molar-refractivity contribution in [2.75, 3.05) is 13.1 Å². The van der Waals surface area contributed by atoms with Crippen molar-refractivity contribution < 1.29 is 9.90 Å². The summed E-state index contributed by atoms with van der Waals surface area (Å²) < 4.78 is 2.02. The summed E-state index contributed by atoms with van der Waals surface area (Å²) in [6, 6.07) is 9.63. The van der Waals surface area contributed by atoms with Crippen molar-refractivity contribution in [3.8, 4) is 5.75 Å². The summed E-state index contributed by atoms with van der Waals surface area (Å²) in [6.45, 7) is 13.7. The van der Waals surface area contributed by atoms with Crippen LogP contribution in [-0.2, 0) is 10.8 Å². The van der Waals surface area contributed by atoms with Gasteiger partial charge in [0.1, 0.15) is 11.6 Å². The maximum absolute atomic E-state index is 13.6. The zero-order chi connectivity index (χ0) is 23.3. The fourth-order valence-electron chi connectivity index (χ4n) is 4.59. The predicted octanol–water partition coefficient (Wildman–Crippen LogP) is 5.05. The summed E-state index contributed by atoms with van der Waals surface area (Å²) in [5.41, 5.74) is 2.55. The molecule has 1 aliphatic rings. The summed E-state index contributed by atoms with van der Waals surface area (Å²) in [7, 11) is 0. The van der Waals surface area contributed by atoms with E-state index in [4.69, 9.17) is 0 Å². The number of amides is 1. The molecule has 4 rings (SSSR count). The van der Waals surface area contributed by atoms with Crippen LogP contribution in [0, 0.1) is 0 Å². The molecule has 6 nitrogen and oxygen atoms in total. The molecule has 2 aromatic heterocycles. The minimum atomic E-state index is -0.273. The largest absolute Gasteiger partial charge is 0.507 e. The number of piperidine rings is 1. The number of fused-ring (bicyclic) bond motifs is 1. The van der Waals surface area contributed by atoms with Crippen molar-refractivity contribution in [3.05, 3.63) is 59.0 Å². The molecule has 0 bridgehead atoms. The first-order chi connectivity index (χ1) is 15.0. The standard InChI is InChI=1S/C26H34N4O2/c1-25(2,3)19-14-18(15-20(22(19)31)26(4,5)6)24(32)29-12-9-10-17(16-29)23-28-27-21-11-7-8-13-30(21)23/h7-8,11,13-15,17,31H,9-10,12,16H2,1-6H3. The van der Waals surface area contributed by atoms with E-state index >= 15 is 0 Å². The highest BCUT2D eigenvalue weighted by molar-refractivity contribution is 5.95. The SMILES string of the molecule is CC(C)(C)c1cc(C(=O)N2CCCC(c3nnc4ccccn34)C2)cc(C(C)(C)C)c1O. The number of phenols is 1. The number of carbonyl (C=O) groups is 1. The second kappa shape index (κ2) is 7.91. The molecule has 3 heterocycles. The highest BCUT2D eigenvalue weighted by Crippen LogP contribution is 2.40. The number of hydrogen-bond donors (Lipinski definition) is 1. The highest BCUT2D eigenvalue weighted by Gasteiger charge is 2.32. The predicted molar refractivity (Wildman–Crippen MR) is 126 cm³/mol.